The van der Waals surface area contributed by atoms with E-state index in [4.69, 9.17) is 0 Å². The smallest absolute Gasteiger partial charge is 0.227 e. The SMILES string of the molecule is Cc1nc(C)n(C[C@@H](C)C(=O)N(C)Cc2ccc3nsnc3c2)n1. The van der Waals surface area contributed by atoms with E-state index in [0.717, 1.165) is 28.2 Å². The van der Waals surface area contributed by atoms with Crippen molar-refractivity contribution < 1.29 is 4.79 Å². The monoisotopic (exact) mass is 344 g/mol. The molecule has 126 valence electrons. The average Bonchev–Trinajstić information content (AvgIpc) is 3.12. The normalized spacial score (nSPS) is 12.5. The molecule has 0 unspecified atom stereocenters. The summed E-state index contributed by atoms with van der Waals surface area (Å²) < 4.78 is 10.2. The number of hydrogen-bond donors (Lipinski definition) is 0. The van der Waals surface area contributed by atoms with Gasteiger partial charge in [0, 0.05) is 13.6 Å². The molecule has 0 fully saturated rings. The lowest BCUT2D eigenvalue weighted by Gasteiger charge is -2.21. The van der Waals surface area contributed by atoms with E-state index in [1.807, 2.05) is 46.0 Å². The first-order valence-electron chi connectivity index (χ1n) is 7.78. The van der Waals surface area contributed by atoms with Crippen LogP contribution < -0.4 is 0 Å². The van der Waals surface area contributed by atoms with Gasteiger partial charge in [-0.3, -0.25) is 4.79 Å². The van der Waals surface area contributed by atoms with Crippen LogP contribution in [-0.4, -0.2) is 41.4 Å². The topological polar surface area (TPSA) is 76.8 Å². The molecule has 8 heteroatoms. The molecule has 3 aromatic rings. The first kappa shape index (κ1) is 16.5. The Bertz CT molecular complexity index is 870. The molecule has 2 heterocycles. The van der Waals surface area contributed by atoms with Crippen molar-refractivity contribution in [3.63, 3.8) is 0 Å². The number of aryl methyl sites for hydroxylation is 2. The maximum Gasteiger partial charge on any atom is 0.227 e. The van der Waals surface area contributed by atoms with Crippen molar-refractivity contribution >= 4 is 28.7 Å². The first-order valence-corrected chi connectivity index (χ1v) is 8.51. The Morgan fingerprint density at radius 1 is 1.29 bits per heavy atom. The minimum atomic E-state index is -0.167. The van der Waals surface area contributed by atoms with Crippen LogP contribution in [0.15, 0.2) is 18.2 Å². The second kappa shape index (κ2) is 6.64. The van der Waals surface area contributed by atoms with Gasteiger partial charge in [0.2, 0.25) is 5.91 Å². The minimum Gasteiger partial charge on any atom is -0.341 e. The van der Waals surface area contributed by atoms with Gasteiger partial charge >= 0.3 is 0 Å². The number of rotatable bonds is 5. The number of fused-ring (bicyclic) bond motifs is 1. The summed E-state index contributed by atoms with van der Waals surface area (Å²) in [6, 6.07) is 5.92. The van der Waals surface area contributed by atoms with E-state index < -0.39 is 0 Å². The highest BCUT2D eigenvalue weighted by Crippen LogP contribution is 2.16. The van der Waals surface area contributed by atoms with Crippen LogP contribution in [0.25, 0.3) is 11.0 Å². The highest BCUT2D eigenvalue weighted by molar-refractivity contribution is 7.00. The predicted octanol–water partition coefficient (Wildman–Crippen LogP) is 2.19. The zero-order chi connectivity index (χ0) is 17.3. The lowest BCUT2D eigenvalue weighted by atomic mass is 10.1. The first-order chi connectivity index (χ1) is 11.4. The second-order valence-electron chi connectivity index (χ2n) is 6.07. The van der Waals surface area contributed by atoms with Gasteiger partial charge in [0.05, 0.1) is 24.2 Å². The van der Waals surface area contributed by atoms with Gasteiger partial charge in [-0.05, 0) is 31.5 Å². The standard InChI is InChI=1S/C16H20N6OS/c1-10(8-22-12(3)17-11(2)18-22)16(23)21(4)9-13-5-6-14-15(7-13)20-24-19-14/h5-7,10H,8-9H2,1-4H3/t10-/m1/s1. The van der Waals surface area contributed by atoms with Gasteiger partial charge in [-0.25, -0.2) is 9.67 Å². The molecule has 0 aliphatic carbocycles. The maximum absolute atomic E-state index is 12.6. The largest absolute Gasteiger partial charge is 0.341 e. The zero-order valence-electron chi connectivity index (χ0n) is 14.2. The summed E-state index contributed by atoms with van der Waals surface area (Å²) in [4.78, 5) is 18.6. The van der Waals surface area contributed by atoms with Gasteiger partial charge in [0.1, 0.15) is 22.7 Å². The van der Waals surface area contributed by atoms with E-state index in [0.29, 0.717) is 13.1 Å². The molecule has 7 nitrogen and oxygen atoms in total. The van der Waals surface area contributed by atoms with Crippen LogP contribution in [0.2, 0.25) is 0 Å². The molecule has 0 aliphatic heterocycles. The van der Waals surface area contributed by atoms with E-state index in [-0.39, 0.29) is 11.8 Å². The van der Waals surface area contributed by atoms with Crippen LogP contribution in [0.5, 0.6) is 0 Å². The van der Waals surface area contributed by atoms with Crippen LogP contribution in [0.4, 0.5) is 0 Å². The zero-order valence-corrected chi connectivity index (χ0v) is 15.0. The van der Waals surface area contributed by atoms with Crippen molar-refractivity contribution in [2.45, 2.75) is 33.9 Å². The highest BCUT2D eigenvalue weighted by atomic mass is 32.1. The molecule has 0 saturated heterocycles. The predicted molar refractivity (Wildman–Crippen MR) is 92.5 cm³/mol. The lowest BCUT2D eigenvalue weighted by molar-refractivity contribution is -0.134. The van der Waals surface area contributed by atoms with Crippen molar-refractivity contribution in [1.29, 1.82) is 0 Å². The molecule has 0 N–H and O–H groups in total. The Kier molecular flexibility index (Phi) is 4.57. The Morgan fingerprint density at radius 2 is 2.04 bits per heavy atom. The van der Waals surface area contributed by atoms with Gasteiger partial charge < -0.3 is 4.90 Å². The summed E-state index contributed by atoms with van der Waals surface area (Å²) in [6.45, 7) is 6.75. The molecule has 0 aliphatic rings. The number of carbonyl (C=O) groups is 1. The Hall–Kier alpha value is -2.35. The van der Waals surface area contributed by atoms with Crippen LogP contribution in [0.1, 0.15) is 24.1 Å². The van der Waals surface area contributed by atoms with Gasteiger partial charge in [-0.15, -0.1) is 0 Å². The molecular formula is C16H20N6OS. The summed E-state index contributed by atoms with van der Waals surface area (Å²) >= 11 is 1.20. The molecule has 1 aromatic carbocycles. The van der Waals surface area contributed by atoms with Gasteiger partial charge in [0.15, 0.2) is 0 Å². The molecule has 24 heavy (non-hydrogen) atoms. The number of amides is 1. The maximum atomic E-state index is 12.6. The van der Waals surface area contributed by atoms with Crippen LogP contribution >= 0.6 is 11.7 Å². The number of hydrogen-bond acceptors (Lipinski definition) is 6. The molecule has 3 rings (SSSR count). The second-order valence-corrected chi connectivity index (χ2v) is 6.60. The minimum absolute atomic E-state index is 0.0825. The third kappa shape index (κ3) is 3.43. The van der Waals surface area contributed by atoms with Gasteiger partial charge in [0.25, 0.3) is 0 Å². The summed E-state index contributed by atoms with van der Waals surface area (Å²) in [5.74, 6) is 1.47. The average molecular weight is 344 g/mol. The molecule has 0 saturated carbocycles. The summed E-state index contributed by atoms with van der Waals surface area (Å²) in [6.07, 6.45) is 0. The quantitative estimate of drug-likeness (QED) is 0.709. The van der Waals surface area contributed by atoms with Gasteiger partial charge in [-0.2, -0.15) is 13.8 Å². The molecule has 0 bridgehead atoms. The fourth-order valence-corrected chi connectivity index (χ4v) is 3.24. The lowest BCUT2D eigenvalue weighted by Crippen LogP contribution is -2.33. The number of carbonyl (C=O) groups excluding carboxylic acids is 1. The summed E-state index contributed by atoms with van der Waals surface area (Å²) in [5.41, 5.74) is 2.81. The van der Waals surface area contributed by atoms with E-state index in [2.05, 4.69) is 18.8 Å². The molecule has 0 radical (unpaired) electrons. The van der Waals surface area contributed by atoms with Gasteiger partial charge in [-0.1, -0.05) is 13.0 Å². The Labute approximate surface area is 144 Å². The van der Waals surface area contributed by atoms with Crippen molar-refractivity contribution in [2.75, 3.05) is 7.05 Å². The third-order valence-corrected chi connectivity index (χ3v) is 4.50. The Morgan fingerprint density at radius 3 is 2.75 bits per heavy atom. The number of benzene rings is 1. The molecule has 1 amide bonds. The van der Waals surface area contributed by atoms with Crippen LogP contribution in [-0.2, 0) is 17.9 Å². The van der Waals surface area contributed by atoms with E-state index in [1.54, 1.807) is 9.58 Å². The Balaban J connectivity index is 1.65. The van der Waals surface area contributed by atoms with Crippen molar-refractivity contribution in [1.82, 2.24) is 28.4 Å². The molecule has 0 spiro atoms. The fraction of sp³-hybridized carbons (Fsp3) is 0.438. The number of aromatic nitrogens is 5. The molecule has 2 aromatic heterocycles. The van der Waals surface area contributed by atoms with E-state index >= 15 is 0 Å². The van der Waals surface area contributed by atoms with Crippen LogP contribution in [0.3, 0.4) is 0 Å². The van der Waals surface area contributed by atoms with Crippen molar-refractivity contribution in [3.8, 4) is 0 Å². The number of nitrogens with zero attached hydrogens (tertiary/aromatic N) is 6. The fourth-order valence-electron chi connectivity index (χ4n) is 2.73. The molecule has 1 atom stereocenters. The van der Waals surface area contributed by atoms with E-state index in [9.17, 15) is 4.79 Å². The van der Waals surface area contributed by atoms with E-state index in [1.165, 1.54) is 11.7 Å². The van der Waals surface area contributed by atoms with Crippen molar-refractivity contribution in [2.24, 2.45) is 5.92 Å². The molecular weight excluding hydrogens is 324 g/mol. The summed E-state index contributed by atoms with van der Waals surface area (Å²) in [7, 11) is 1.82. The highest BCUT2D eigenvalue weighted by Gasteiger charge is 2.20. The summed E-state index contributed by atoms with van der Waals surface area (Å²) in [5, 5.41) is 4.32. The third-order valence-electron chi connectivity index (χ3n) is 3.95. The van der Waals surface area contributed by atoms with Crippen LogP contribution in [0, 0.1) is 19.8 Å². The van der Waals surface area contributed by atoms with Crippen molar-refractivity contribution in [3.05, 3.63) is 35.4 Å².